The van der Waals surface area contributed by atoms with Gasteiger partial charge in [0.25, 0.3) is 0 Å². The minimum Gasteiger partial charge on any atom is -0.383 e. The van der Waals surface area contributed by atoms with E-state index in [0.717, 1.165) is 11.1 Å². The summed E-state index contributed by atoms with van der Waals surface area (Å²) in [5.41, 5.74) is 8.71. The van der Waals surface area contributed by atoms with Crippen molar-refractivity contribution in [1.82, 2.24) is 4.98 Å². The van der Waals surface area contributed by atoms with E-state index in [2.05, 4.69) is 23.3 Å². The van der Waals surface area contributed by atoms with Crippen LogP contribution in [0.2, 0.25) is 0 Å². The third kappa shape index (κ3) is 2.23. The molecule has 4 heteroatoms. The first-order valence-corrected chi connectivity index (χ1v) is 4.69. The molecule has 0 saturated heterocycles. The highest BCUT2D eigenvalue weighted by Gasteiger charge is 2.10. The van der Waals surface area contributed by atoms with Gasteiger partial charge in [0.15, 0.2) is 0 Å². The standard InChI is InChI=1S/C12H14N4/c1-8-4-5-16-12(14)11(8)9(2)10(6-13)7-15-3/h4-7,13H,2-3H2,1H3,(H2,14,16)/b10-7+,13-6?. The summed E-state index contributed by atoms with van der Waals surface area (Å²) in [6.07, 6.45) is 4.28. The molecule has 0 aromatic carbocycles. The van der Waals surface area contributed by atoms with Crippen molar-refractivity contribution in [3.05, 3.63) is 41.7 Å². The van der Waals surface area contributed by atoms with Crippen LogP contribution in [0.1, 0.15) is 11.1 Å². The number of nitrogen functional groups attached to an aromatic ring is 1. The Bertz CT molecular complexity index is 452. The van der Waals surface area contributed by atoms with Gasteiger partial charge in [-0.15, -0.1) is 0 Å². The Morgan fingerprint density at radius 2 is 2.31 bits per heavy atom. The molecule has 1 heterocycles. The molecule has 4 nitrogen and oxygen atoms in total. The maximum atomic E-state index is 7.28. The molecule has 0 radical (unpaired) electrons. The maximum Gasteiger partial charge on any atom is 0.131 e. The van der Waals surface area contributed by atoms with E-state index < -0.39 is 0 Å². The maximum absolute atomic E-state index is 7.28. The van der Waals surface area contributed by atoms with Crippen molar-refractivity contribution in [2.75, 3.05) is 5.73 Å². The van der Waals surface area contributed by atoms with Crippen LogP contribution >= 0.6 is 0 Å². The number of aromatic nitrogens is 1. The van der Waals surface area contributed by atoms with E-state index in [1.54, 1.807) is 6.20 Å². The van der Waals surface area contributed by atoms with Gasteiger partial charge in [0.1, 0.15) is 5.82 Å². The molecule has 0 aliphatic carbocycles. The average Bonchev–Trinajstić information content (AvgIpc) is 2.25. The molecule has 0 amide bonds. The van der Waals surface area contributed by atoms with E-state index in [1.165, 1.54) is 12.4 Å². The molecule has 1 aromatic rings. The molecule has 0 unspecified atom stereocenters. The zero-order valence-corrected chi connectivity index (χ0v) is 9.20. The predicted octanol–water partition coefficient (Wildman–Crippen LogP) is 2.22. The molecule has 3 N–H and O–H groups in total. The van der Waals surface area contributed by atoms with Crippen LogP contribution in [0, 0.1) is 12.3 Å². The van der Waals surface area contributed by atoms with E-state index in [0.29, 0.717) is 17.0 Å². The van der Waals surface area contributed by atoms with Crippen molar-refractivity contribution < 1.29 is 0 Å². The zero-order valence-electron chi connectivity index (χ0n) is 9.20. The third-order valence-electron chi connectivity index (χ3n) is 2.22. The second-order valence-electron chi connectivity index (χ2n) is 3.28. The topological polar surface area (TPSA) is 75.1 Å². The summed E-state index contributed by atoms with van der Waals surface area (Å²) in [6, 6.07) is 1.85. The molecule has 82 valence electrons. The number of rotatable bonds is 4. The van der Waals surface area contributed by atoms with Gasteiger partial charge in [0, 0.05) is 29.7 Å². The Kier molecular flexibility index (Phi) is 3.72. The van der Waals surface area contributed by atoms with Crippen LogP contribution in [0.15, 0.2) is 35.6 Å². The molecule has 1 rings (SSSR count). The highest BCUT2D eigenvalue weighted by molar-refractivity contribution is 6.01. The number of anilines is 1. The van der Waals surface area contributed by atoms with Crippen molar-refractivity contribution in [3.8, 4) is 0 Å². The van der Waals surface area contributed by atoms with E-state index in [1.807, 2.05) is 13.0 Å². The fraction of sp³-hybridized carbons (Fsp3) is 0.0833. The molecule has 0 saturated carbocycles. The van der Waals surface area contributed by atoms with Crippen LogP contribution in [0.3, 0.4) is 0 Å². The van der Waals surface area contributed by atoms with Crippen molar-refractivity contribution in [1.29, 1.82) is 5.41 Å². The van der Waals surface area contributed by atoms with Crippen molar-refractivity contribution in [2.45, 2.75) is 6.92 Å². The lowest BCUT2D eigenvalue weighted by Gasteiger charge is -2.11. The normalized spacial score (nSPS) is 10.9. The third-order valence-corrected chi connectivity index (χ3v) is 2.22. The number of hydrogen-bond donors (Lipinski definition) is 2. The molecule has 0 aliphatic heterocycles. The average molecular weight is 214 g/mol. The van der Waals surface area contributed by atoms with Crippen LogP contribution in [0.25, 0.3) is 5.57 Å². The van der Waals surface area contributed by atoms with Crippen LogP contribution in [0.5, 0.6) is 0 Å². The van der Waals surface area contributed by atoms with Crippen molar-refractivity contribution in [3.63, 3.8) is 0 Å². The molecule has 16 heavy (non-hydrogen) atoms. The van der Waals surface area contributed by atoms with Gasteiger partial charge in [-0.2, -0.15) is 0 Å². The number of aryl methyl sites for hydroxylation is 1. The molecule has 0 atom stereocenters. The number of nitrogens with two attached hydrogens (primary N) is 1. The Hall–Kier alpha value is -2.23. The van der Waals surface area contributed by atoms with Crippen molar-refractivity contribution >= 4 is 24.3 Å². The predicted molar refractivity (Wildman–Crippen MR) is 68.8 cm³/mol. The SMILES string of the molecule is C=N/C=C(\C=N)C(=C)c1c(C)ccnc1N. The second kappa shape index (κ2) is 5.02. The number of nitrogens with one attached hydrogen (secondary N) is 1. The highest BCUT2D eigenvalue weighted by Crippen LogP contribution is 2.26. The lowest BCUT2D eigenvalue weighted by atomic mass is 9.97. The monoisotopic (exact) mass is 214 g/mol. The number of hydrogen-bond acceptors (Lipinski definition) is 4. The largest absolute Gasteiger partial charge is 0.383 e. The Morgan fingerprint density at radius 1 is 1.62 bits per heavy atom. The summed E-state index contributed by atoms with van der Waals surface area (Å²) >= 11 is 0. The van der Waals surface area contributed by atoms with Crippen molar-refractivity contribution in [2.24, 2.45) is 4.99 Å². The first kappa shape index (κ1) is 11.8. The van der Waals surface area contributed by atoms with E-state index >= 15 is 0 Å². The Labute approximate surface area is 94.7 Å². The summed E-state index contributed by atoms with van der Waals surface area (Å²) in [5.74, 6) is 0.404. The fourth-order valence-electron chi connectivity index (χ4n) is 1.42. The summed E-state index contributed by atoms with van der Waals surface area (Å²) in [5, 5.41) is 7.28. The van der Waals surface area contributed by atoms with E-state index in [9.17, 15) is 0 Å². The number of allylic oxidation sites excluding steroid dienone is 2. The van der Waals surface area contributed by atoms with Gasteiger partial charge < -0.3 is 11.1 Å². The smallest absolute Gasteiger partial charge is 0.131 e. The van der Waals surface area contributed by atoms with Gasteiger partial charge in [0.2, 0.25) is 0 Å². The molecule has 0 spiro atoms. The minimum absolute atomic E-state index is 0.404. The van der Waals surface area contributed by atoms with E-state index in [4.69, 9.17) is 11.1 Å². The molecule has 0 aliphatic rings. The summed E-state index contributed by atoms with van der Waals surface area (Å²) < 4.78 is 0. The van der Waals surface area contributed by atoms with Gasteiger partial charge in [-0.3, -0.25) is 4.99 Å². The zero-order chi connectivity index (χ0) is 12.1. The van der Waals surface area contributed by atoms with Gasteiger partial charge >= 0.3 is 0 Å². The number of nitrogens with zero attached hydrogens (tertiary/aromatic N) is 2. The number of aliphatic imine (C=N–C) groups is 1. The van der Waals surface area contributed by atoms with E-state index in [-0.39, 0.29) is 0 Å². The van der Waals surface area contributed by atoms with Crippen LogP contribution in [-0.4, -0.2) is 17.9 Å². The van der Waals surface area contributed by atoms with Crippen LogP contribution in [-0.2, 0) is 0 Å². The van der Waals surface area contributed by atoms with Gasteiger partial charge in [0.05, 0.1) is 0 Å². The van der Waals surface area contributed by atoms with Gasteiger partial charge in [-0.1, -0.05) is 6.58 Å². The highest BCUT2D eigenvalue weighted by atomic mass is 14.8. The Balaban J connectivity index is 3.29. The molecule has 0 fully saturated rings. The fourth-order valence-corrected chi connectivity index (χ4v) is 1.42. The number of pyridine rings is 1. The van der Waals surface area contributed by atoms with Crippen LogP contribution in [0.4, 0.5) is 5.82 Å². The molecule has 1 aromatic heterocycles. The summed E-state index contributed by atoms with van der Waals surface area (Å²) in [7, 11) is 0. The van der Waals surface area contributed by atoms with Gasteiger partial charge in [-0.05, 0) is 30.8 Å². The minimum atomic E-state index is 0.404. The lowest BCUT2D eigenvalue weighted by Crippen LogP contribution is -2.01. The first-order chi connectivity index (χ1) is 7.61. The summed E-state index contributed by atoms with van der Waals surface area (Å²) in [6.45, 7) is 9.18. The van der Waals surface area contributed by atoms with Gasteiger partial charge in [-0.25, -0.2) is 4.98 Å². The molecular weight excluding hydrogens is 200 g/mol. The summed E-state index contributed by atoms with van der Waals surface area (Å²) in [4.78, 5) is 7.63. The lowest BCUT2D eigenvalue weighted by molar-refractivity contribution is 1.27. The quantitative estimate of drug-likeness (QED) is 0.595. The second-order valence-corrected chi connectivity index (χ2v) is 3.28. The Morgan fingerprint density at radius 3 is 2.81 bits per heavy atom. The first-order valence-electron chi connectivity index (χ1n) is 4.69. The molecular formula is C12H14N4. The molecule has 0 bridgehead atoms. The van der Waals surface area contributed by atoms with Crippen LogP contribution < -0.4 is 5.73 Å².